The van der Waals surface area contributed by atoms with E-state index in [-0.39, 0.29) is 0 Å². The summed E-state index contributed by atoms with van der Waals surface area (Å²) >= 11 is 18.1. The van der Waals surface area contributed by atoms with Crippen molar-refractivity contribution < 1.29 is 4.74 Å². The number of allylic oxidation sites excluding steroid dienone is 1. The summed E-state index contributed by atoms with van der Waals surface area (Å²) in [4.78, 5) is 0. The molecule has 146 valence electrons. The Kier molecular flexibility index (Phi) is 6.87. The molecule has 0 N–H and O–H groups in total. The molecule has 3 aromatic carbocycles. The van der Waals surface area contributed by atoms with Crippen molar-refractivity contribution in [1.29, 1.82) is 5.26 Å². The highest BCUT2D eigenvalue weighted by molar-refractivity contribution is 6.42. The Bertz CT molecular complexity index is 1110. The molecule has 0 atom stereocenters. The second-order valence-electron chi connectivity index (χ2n) is 6.70. The first-order valence-electron chi connectivity index (χ1n) is 8.93. The summed E-state index contributed by atoms with van der Waals surface area (Å²) in [5, 5.41) is 11.2. The van der Waals surface area contributed by atoms with E-state index in [4.69, 9.17) is 39.5 Å². The zero-order chi connectivity index (χ0) is 21.0. The lowest BCUT2D eigenvalue weighted by Crippen LogP contribution is -1.99. The van der Waals surface area contributed by atoms with Crippen molar-refractivity contribution in [3.63, 3.8) is 0 Å². The van der Waals surface area contributed by atoms with Crippen LogP contribution in [0.3, 0.4) is 0 Å². The van der Waals surface area contributed by atoms with E-state index >= 15 is 0 Å². The molecule has 0 radical (unpaired) electrons. The highest BCUT2D eigenvalue weighted by Gasteiger charge is 2.09. The lowest BCUT2D eigenvalue weighted by molar-refractivity contribution is 0.302. The Labute approximate surface area is 185 Å². The van der Waals surface area contributed by atoms with Crippen LogP contribution in [0.25, 0.3) is 11.6 Å². The summed E-state index contributed by atoms with van der Waals surface area (Å²) in [7, 11) is 0. The second kappa shape index (κ2) is 9.37. The number of hydrogen-bond acceptors (Lipinski definition) is 2. The van der Waals surface area contributed by atoms with Crippen LogP contribution in [0.4, 0.5) is 0 Å². The molecule has 0 aromatic heterocycles. The number of rotatable bonds is 5. The van der Waals surface area contributed by atoms with Crippen LogP contribution in [0.5, 0.6) is 5.75 Å². The van der Waals surface area contributed by atoms with Gasteiger partial charge in [-0.25, -0.2) is 0 Å². The van der Waals surface area contributed by atoms with Gasteiger partial charge < -0.3 is 4.74 Å². The SMILES string of the molecule is Cc1cc(/C=C(\C#N)c2cccc(Cl)c2)cc(C)c1OCc1ccc(Cl)c(Cl)c1. The van der Waals surface area contributed by atoms with Gasteiger partial charge in [0.2, 0.25) is 0 Å². The minimum atomic E-state index is 0.389. The Morgan fingerprint density at radius 3 is 2.31 bits per heavy atom. The number of nitriles is 1. The second-order valence-corrected chi connectivity index (χ2v) is 7.95. The molecule has 3 rings (SSSR count). The zero-order valence-electron chi connectivity index (χ0n) is 16.0. The van der Waals surface area contributed by atoms with Gasteiger partial charge >= 0.3 is 0 Å². The fraction of sp³-hybridized carbons (Fsp3) is 0.125. The number of benzene rings is 3. The fourth-order valence-electron chi connectivity index (χ4n) is 3.08. The third-order valence-corrected chi connectivity index (χ3v) is 5.39. The van der Waals surface area contributed by atoms with E-state index in [1.807, 2.05) is 50.3 Å². The quantitative estimate of drug-likeness (QED) is 0.297. The lowest BCUT2D eigenvalue weighted by Gasteiger charge is -2.14. The maximum Gasteiger partial charge on any atom is 0.125 e. The van der Waals surface area contributed by atoms with Crippen LogP contribution in [-0.2, 0) is 6.61 Å². The molecule has 0 amide bonds. The van der Waals surface area contributed by atoms with Crippen LogP contribution in [0.15, 0.2) is 54.6 Å². The monoisotopic (exact) mass is 441 g/mol. The average molecular weight is 443 g/mol. The minimum absolute atomic E-state index is 0.389. The maximum absolute atomic E-state index is 9.57. The van der Waals surface area contributed by atoms with Gasteiger partial charge in [-0.2, -0.15) is 5.26 Å². The van der Waals surface area contributed by atoms with Gasteiger partial charge in [-0.05, 0) is 84.1 Å². The van der Waals surface area contributed by atoms with Gasteiger partial charge in [-0.1, -0.05) is 53.0 Å². The van der Waals surface area contributed by atoms with Crippen LogP contribution < -0.4 is 4.74 Å². The van der Waals surface area contributed by atoms with Crippen molar-refractivity contribution in [2.24, 2.45) is 0 Å². The van der Waals surface area contributed by atoms with Gasteiger partial charge in [0, 0.05) is 5.02 Å². The Balaban J connectivity index is 1.85. The normalized spacial score (nSPS) is 11.2. The van der Waals surface area contributed by atoms with E-state index in [2.05, 4.69) is 6.07 Å². The van der Waals surface area contributed by atoms with Gasteiger partial charge in [0.25, 0.3) is 0 Å². The van der Waals surface area contributed by atoms with Crippen molar-refractivity contribution in [3.05, 3.63) is 97.5 Å². The van der Waals surface area contributed by atoms with Crippen molar-refractivity contribution in [1.82, 2.24) is 0 Å². The smallest absolute Gasteiger partial charge is 0.125 e. The van der Waals surface area contributed by atoms with E-state index in [1.54, 1.807) is 24.3 Å². The van der Waals surface area contributed by atoms with E-state index in [0.717, 1.165) is 33.6 Å². The first-order chi connectivity index (χ1) is 13.9. The Morgan fingerprint density at radius 2 is 1.69 bits per heavy atom. The summed E-state index contributed by atoms with van der Waals surface area (Å²) in [6, 6.07) is 19.0. The lowest BCUT2D eigenvalue weighted by atomic mass is 10.0. The molecule has 29 heavy (non-hydrogen) atoms. The number of hydrogen-bond donors (Lipinski definition) is 0. The van der Waals surface area contributed by atoms with Crippen molar-refractivity contribution in [2.45, 2.75) is 20.5 Å². The maximum atomic E-state index is 9.57. The molecule has 2 nitrogen and oxygen atoms in total. The van der Waals surface area contributed by atoms with Crippen LogP contribution in [-0.4, -0.2) is 0 Å². The molecule has 0 unspecified atom stereocenters. The van der Waals surface area contributed by atoms with E-state index in [1.165, 1.54) is 0 Å². The molecule has 5 heteroatoms. The standard InChI is InChI=1S/C24H18Cl3NO/c1-15-8-18(10-20(13-28)19-4-3-5-21(25)12-19)9-16(2)24(15)29-14-17-6-7-22(26)23(27)11-17/h3-12H,14H2,1-2H3/b20-10+. The molecular formula is C24H18Cl3NO. The summed E-state index contributed by atoms with van der Waals surface area (Å²) in [5.74, 6) is 0.814. The van der Waals surface area contributed by atoms with Gasteiger partial charge in [-0.3, -0.25) is 0 Å². The number of halogens is 3. The predicted octanol–water partition coefficient (Wildman–Crippen LogP) is 7.91. The van der Waals surface area contributed by atoms with Crippen molar-refractivity contribution >= 4 is 46.5 Å². The molecule has 0 aliphatic carbocycles. The van der Waals surface area contributed by atoms with Crippen LogP contribution in [0, 0.1) is 25.2 Å². The minimum Gasteiger partial charge on any atom is -0.488 e. The third-order valence-electron chi connectivity index (χ3n) is 4.42. The number of aryl methyl sites for hydroxylation is 2. The summed E-state index contributed by atoms with van der Waals surface area (Å²) in [5.41, 5.74) is 5.18. The Hall–Kier alpha value is -2.44. The van der Waals surface area contributed by atoms with Gasteiger partial charge in [0.15, 0.2) is 0 Å². The fourth-order valence-corrected chi connectivity index (χ4v) is 3.59. The molecule has 0 saturated carbocycles. The highest BCUT2D eigenvalue weighted by Crippen LogP contribution is 2.29. The first kappa shape index (κ1) is 21.3. The summed E-state index contributed by atoms with van der Waals surface area (Å²) in [6.45, 7) is 4.36. The van der Waals surface area contributed by atoms with Crippen molar-refractivity contribution in [3.8, 4) is 11.8 Å². The highest BCUT2D eigenvalue weighted by atomic mass is 35.5. The number of ether oxygens (including phenoxy) is 1. The van der Waals surface area contributed by atoms with E-state index in [9.17, 15) is 5.26 Å². The summed E-state index contributed by atoms with van der Waals surface area (Å²) in [6.07, 6.45) is 1.86. The number of nitrogens with zero attached hydrogens (tertiary/aromatic N) is 1. The van der Waals surface area contributed by atoms with Crippen LogP contribution in [0.2, 0.25) is 15.1 Å². The van der Waals surface area contributed by atoms with Crippen LogP contribution in [0.1, 0.15) is 27.8 Å². The van der Waals surface area contributed by atoms with Crippen molar-refractivity contribution in [2.75, 3.05) is 0 Å². The molecule has 0 bridgehead atoms. The molecular weight excluding hydrogens is 425 g/mol. The van der Waals surface area contributed by atoms with E-state index in [0.29, 0.717) is 27.2 Å². The predicted molar refractivity (Wildman–Crippen MR) is 122 cm³/mol. The molecule has 0 saturated heterocycles. The molecule has 3 aromatic rings. The van der Waals surface area contributed by atoms with Crippen LogP contribution >= 0.6 is 34.8 Å². The third kappa shape index (κ3) is 5.34. The Morgan fingerprint density at radius 1 is 0.966 bits per heavy atom. The molecule has 0 spiro atoms. The molecule has 0 aliphatic heterocycles. The van der Waals surface area contributed by atoms with Gasteiger partial charge in [0.05, 0.1) is 21.7 Å². The van der Waals surface area contributed by atoms with Gasteiger partial charge in [0.1, 0.15) is 12.4 Å². The first-order valence-corrected chi connectivity index (χ1v) is 10.1. The van der Waals surface area contributed by atoms with Gasteiger partial charge in [-0.15, -0.1) is 0 Å². The molecule has 0 fully saturated rings. The van der Waals surface area contributed by atoms with E-state index < -0.39 is 0 Å². The topological polar surface area (TPSA) is 33.0 Å². The molecule has 0 heterocycles. The largest absolute Gasteiger partial charge is 0.488 e. The summed E-state index contributed by atoms with van der Waals surface area (Å²) < 4.78 is 6.03. The average Bonchev–Trinajstić information content (AvgIpc) is 2.68. The zero-order valence-corrected chi connectivity index (χ0v) is 18.2. The molecule has 0 aliphatic rings.